The lowest BCUT2D eigenvalue weighted by Gasteiger charge is -2.31. The minimum absolute atomic E-state index is 0.0885. The van der Waals surface area contributed by atoms with Crippen LogP contribution in [-0.4, -0.2) is 61.0 Å². The van der Waals surface area contributed by atoms with Crippen molar-refractivity contribution in [2.75, 3.05) is 13.7 Å². The Morgan fingerprint density at radius 1 is 1.14 bits per heavy atom. The van der Waals surface area contributed by atoms with Crippen LogP contribution in [0.1, 0.15) is 55.4 Å². The van der Waals surface area contributed by atoms with Crippen LogP contribution in [0.15, 0.2) is 40.2 Å². The summed E-state index contributed by atoms with van der Waals surface area (Å²) >= 11 is 1.18. The summed E-state index contributed by atoms with van der Waals surface area (Å²) in [6.45, 7) is 2.01. The zero-order chi connectivity index (χ0) is 29.5. The van der Waals surface area contributed by atoms with Crippen molar-refractivity contribution in [1.29, 1.82) is 0 Å². The van der Waals surface area contributed by atoms with Gasteiger partial charge in [0.2, 0.25) is 5.91 Å². The molecule has 0 unspecified atom stereocenters. The fourth-order valence-electron chi connectivity index (χ4n) is 5.88. The maximum atomic E-state index is 14.6. The molecule has 12 nitrogen and oxygen atoms in total. The van der Waals surface area contributed by atoms with Crippen LogP contribution in [0.3, 0.4) is 0 Å². The third-order valence-electron chi connectivity index (χ3n) is 8.04. The molecule has 1 aliphatic heterocycles. The van der Waals surface area contributed by atoms with E-state index in [-0.39, 0.29) is 24.5 Å². The van der Waals surface area contributed by atoms with Crippen LogP contribution >= 0.6 is 11.3 Å². The second-order valence-corrected chi connectivity index (χ2v) is 11.6. The van der Waals surface area contributed by atoms with Gasteiger partial charge in [-0.2, -0.15) is 10.2 Å². The Bertz CT molecular complexity index is 1740. The Morgan fingerprint density at radius 2 is 1.88 bits per heavy atom. The summed E-state index contributed by atoms with van der Waals surface area (Å²) in [5, 5.41) is 22.0. The van der Waals surface area contributed by atoms with Crippen molar-refractivity contribution in [3.63, 3.8) is 0 Å². The van der Waals surface area contributed by atoms with Crippen LogP contribution in [0.25, 0.3) is 15.2 Å². The van der Waals surface area contributed by atoms with E-state index in [0.717, 1.165) is 4.57 Å². The number of aliphatic hydroxyl groups excluding tert-OH is 1. The standard InChI is InChI=1S/C28H31FN6O6S/c1-15-23-25(38)34(20-9-10-30-24(20)37)28(39)33(27(23)42-26(15)35-31-11-12-32-35)14-22(41-18-6-4-17(36)5-7-18)19-13-16(29)3-8-21(19)40-2/h3,8,11-13,17-18,20,22,36H,4-7,9-10,14H2,1-2H3,(H,30,37)/t17?,18?,20-,22-/m0/s1. The molecular formula is C28H31FN6O6S. The molecule has 2 N–H and O–H groups in total. The molecule has 0 spiro atoms. The Balaban J connectivity index is 1.55. The van der Waals surface area contributed by atoms with Gasteiger partial charge in [0.25, 0.3) is 5.56 Å². The Morgan fingerprint density at radius 3 is 2.55 bits per heavy atom. The molecule has 1 saturated heterocycles. The molecule has 14 heteroatoms. The smallest absolute Gasteiger partial charge is 0.332 e. The van der Waals surface area contributed by atoms with Crippen LogP contribution in [0.5, 0.6) is 5.75 Å². The second kappa shape index (κ2) is 11.4. The number of nitrogens with zero attached hydrogens (tertiary/aromatic N) is 5. The van der Waals surface area contributed by atoms with Gasteiger partial charge in [-0.15, -0.1) is 4.80 Å². The molecule has 4 aromatic rings. The summed E-state index contributed by atoms with van der Waals surface area (Å²) < 4.78 is 29.2. The number of fused-ring (bicyclic) bond motifs is 1. The number of thiophene rings is 1. The number of nitrogens with one attached hydrogen (secondary N) is 1. The van der Waals surface area contributed by atoms with E-state index < -0.39 is 41.2 Å². The molecule has 2 fully saturated rings. The van der Waals surface area contributed by atoms with Gasteiger partial charge in [0, 0.05) is 17.7 Å². The van der Waals surface area contributed by atoms with Crippen LogP contribution < -0.4 is 21.3 Å². The number of amides is 1. The van der Waals surface area contributed by atoms with E-state index in [2.05, 4.69) is 15.5 Å². The molecule has 1 aliphatic carbocycles. The number of hydrogen-bond donors (Lipinski definition) is 2. The molecule has 6 rings (SSSR count). The van der Waals surface area contributed by atoms with Crippen molar-refractivity contribution >= 4 is 27.5 Å². The number of aromatic nitrogens is 5. The summed E-state index contributed by atoms with van der Waals surface area (Å²) in [6.07, 6.45) is 4.12. The molecule has 4 heterocycles. The number of ether oxygens (including phenoxy) is 2. The van der Waals surface area contributed by atoms with Gasteiger partial charge < -0.3 is 19.9 Å². The molecule has 42 heavy (non-hydrogen) atoms. The highest BCUT2D eigenvalue weighted by Crippen LogP contribution is 2.36. The number of carbonyl (C=O) groups excluding carboxylic acids is 1. The topological polar surface area (TPSA) is 142 Å². The average molecular weight is 599 g/mol. The molecule has 1 saturated carbocycles. The van der Waals surface area contributed by atoms with E-state index >= 15 is 0 Å². The lowest BCUT2D eigenvalue weighted by molar-refractivity contribution is -0.122. The number of carbonyl (C=O) groups is 1. The first kappa shape index (κ1) is 28.2. The van der Waals surface area contributed by atoms with Crippen molar-refractivity contribution in [2.24, 2.45) is 0 Å². The quantitative estimate of drug-likeness (QED) is 0.315. The first-order valence-electron chi connectivity index (χ1n) is 13.9. The van der Waals surface area contributed by atoms with Crippen molar-refractivity contribution in [1.82, 2.24) is 29.4 Å². The highest BCUT2D eigenvalue weighted by Gasteiger charge is 2.33. The molecule has 0 radical (unpaired) electrons. The van der Waals surface area contributed by atoms with Crippen molar-refractivity contribution in [3.8, 4) is 10.8 Å². The zero-order valence-corrected chi connectivity index (χ0v) is 24.0. The first-order valence-corrected chi connectivity index (χ1v) is 14.7. The monoisotopic (exact) mass is 598 g/mol. The van der Waals surface area contributed by atoms with Gasteiger partial charge in [-0.1, -0.05) is 11.3 Å². The number of halogens is 1. The Kier molecular flexibility index (Phi) is 7.68. The lowest BCUT2D eigenvalue weighted by atomic mass is 9.94. The van der Waals surface area contributed by atoms with Crippen molar-refractivity contribution < 1.29 is 23.8 Å². The van der Waals surface area contributed by atoms with E-state index in [9.17, 15) is 23.9 Å². The zero-order valence-electron chi connectivity index (χ0n) is 23.2. The van der Waals surface area contributed by atoms with Gasteiger partial charge in [0.05, 0.1) is 43.6 Å². The van der Waals surface area contributed by atoms with Gasteiger partial charge in [-0.3, -0.25) is 14.2 Å². The number of rotatable bonds is 8. The number of hydrogen-bond acceptors (Lipinski definition) is 9. The molecule has 2 atom stereocenters. The Labute approximate surface area is 243 Å². The van der Waals surface area contributed by atoms with Crippen molar-refractivity contribution in [2.45, 2.75) is 69.9 Å². The third-order valence-corrected chi connectivity index (χ3v) is 9.32. The summed E-state index contributed by atoms with van der Waals surface area (Å²) in [4.78, 5) is 42.5. The van der Waals surface area contributed by atoms with Gasteiger partial charge >= 0.3 is 5.69 Å². The van der Waals surface area contributed by atoms with E-state index in [1.807, 2.05) is 0 Å². The fourth-order valence-corrected chi connectivity index (χ4v) is 7.10. The minimum Gasteiger partial charge on any atom is -0.496 e. The molecule has 3 aromatic heterocycles. The van der Waals surface area contributed by atoms with Crippen LogP contribution in [0, 0.1) is 12.7 Å². The van der Waals surface area contributed by atoms with Crippen LogP contribution in [-0.2, 0) is 16.1 Å². The minimum atomic E-state index is -0.964. The maximum absolute atomic E-state index is 14.6. The van der Waals surface area contributed by atoms with E-state index in [0.29, 0.717) is 58.9 Å². The summed E-state index contributed by atoms with van der Waals surface area (Å²) in [6, 6.07) is 3.15. The number of methoxy groups -OCH3 is 1. The number of benzene rings is 1. The molecular weight excluding hydrogens is 567 g/mol. The number of aliphatic hydroxyl groups is 1. The SMILES string of the molecule is COc1ccc(F)cc1[C@H](Cn1c(=O)n([C@H]2CCNC2=O)c(=O)c2c(C)c(-n3nccn3)sc21)OC1CCC(O)CC1. The van der Waals surface area contributed by atoms with Gasteiger partial charge in [-0.05, 0) is 57.2 Å². The maximum Gasteiger partial charge on any atom is 0.332 e. The van der Waals surface area contributed by atoms with Gasteiger partial charge in [0.15, 0.2) is 0 Å². The van der Waals surface area contributed by atoms with Crippen molar-refractivity contribution in [3.05, 3.63) is 68.4 Å². The number of aryl methyl sites for hydroxylation is 1. The largest absolute Gasteiger partial charge is 0.496 e. The van der Waals surface area contributed by atoms with Crippen LogP contribution in [0.4, 0.5) is 4.39 Å². The summed E-state index contributed by atoms with van der Waals surface area (Å²) in [7, 11) is 1.47. The van der Waals surface area contributed by atoms with Crippen LogP contribution in [0.2, 0.25) is 0 Å². The summed E-state index contributed by atoms with van der Waals surface area (Å²) in [5.41, 5.74) is -0.261. The van der Waals surface area contributed by atoms with E-state index in [1.165, 1.54) is 58.4 Å². The van der Waals surface area contributed by atoms with E-state index in [1.54, 1.807) is 6.92 Å². The average Bonchev–Trinajstić information content (AvgIpc) is 3.73. The predicted octanol–water partition coefficient (Wildman–Crippen LogP) is 2.38. The Hall–Kier alpha value is -3.88. The first-order chi connectivity index (χ1) is 20.3. The molecule has 1 aromatic carbocycles. The third kappa shape index (κ3) is 5.03. The van der Waals surface area contributed by atoms with E-state index in [4.69, 9.17) is 9.47 Å². The van der Waals surface area contributed by atoms with Gasteiger partial charge in [0.1, 0.15) is 33.5 Å². The highest BCUT2D eigenvalue weighted by atomic mass is 32.1. The normalized spacial score (nSPS) is 21.5. The fraction of sp³-hybridized carbons (Fsp3) is 0.464. The molecule has 0 bridgehead atoms. The van der Waals surface area contributed by atoms with Gasteiger partial charge in [-0.25, -0.2) is 13.8 Å². The molecule has 1 amide bonds. The summed E-state index contributed by atoms with van der Waals surface area (Å²) in [5.74, 6) is -0.515. The predicted molar refractivity (Wildman–Crippen MR) is 152 cm³/mol. The highest BCUT2D eigenvalue weighted by molar-refractivity contribution is 7.21. The molecule has 2 aliphatic rings. The lowest BCUT2D eigenvalue weighted by Crippen LogP contribution is -2.44. The second-order valence-electron chi connectivity index (χ2n) is 10.6. The molecule has 222 valence electrons.